The van der Waals surface area contributed by atoms with Gasteiger partial charge in [0.1, 0.15) is 11.5 Å². The lowest BCUT2D eigenvalue weighted by Crippen LogP contribution is -2.39. The van der Waals surface area contributed by atoms with Crippen LogP contribution in [-0.4, -0.2) is 61.2 Å². The molecule has 0 aromatic carbocycles. The van der Waals surface area contributed by atoms with E-state index in [1.165, 1.54) is 4.90 Å². The van der Waals surface area contributed by atoms with Crippen LogP contribution in [0.4, 0.5) is 19.0 Å². The molecule has 0 unspecified atom stereocenters. The van der Waals surface area contributed by atoms with Crippen LogP contribution in [0.5, 0.6) is 0 Å². The summed E-state index contributed by atoms with van der Waals surface area (Å²) in [4.78, 5) is 25.3. The minimum Gasteiger partial charge on any atom is -0.390 e. The zero-order chi connectivity index (χ0) is 25.6. The SMILES string of the molecule is Cc1cn2nc([C@@H]3CCCCN3C(=O)c3cc(C(F)(F)F)ccn3)cc2nc1N1C[C@@H](C#N)[C@@H](O)C1. The Labute approximate surface area is 204 Å². The van der Waals surface area contributed by atoms with E-state index in [0.717, 1.165) is 36.7 Å². The third-order valence-electron chi connectivity index (χ3n) is 6.79. The molecule has 2 aliphatic rings. The largest absolute Gasteiger partial charge is 0.416 e. The minimum atomic E-state index is -4.57. The number of rotatable bonds is 3. The van der Waals surface area contributed by atoms with Crippen molar-refractivity contribution < 1.29 is 23.1 Å². The number of nitrogens with zero attached hydrogens (tertiary/aromatic N) is 7. The van der Waals surface area contributed by atoms with E-state index in [4.69, 9.17) is 4.98 Å². The third kappa shape index (κ3) is 4.35. The number of β-amino-alcohol motifs (C(OH)–C–C–N with tert-alkyl or cyclic N) is 1. The molecule has 3 aromatic heterocycles. The van der Waals surface area contributed by atoms with Crippen LogP contribution >= 0.6 is 0 Å². The number of fused-ring (bicyclic) bond motifs is 1. The first kappa shape index (κ1) is 24.0. The molecule has 188 valence electrons. The smallest absolute Gasteiger partial charge is 0.390 e. The molecule has 1 N–H and O–H groups in total. The van der Waals surface area contributed by atoms with Gasteiger partial charge in [-0.15, -0.1) is 0 Å². The number of piperidine rings is 1. The van der Waals surface area contributed by atoms with Crippen LogP contribution in [0, 0.1) is 24.2 Å². The van der Waals surface area contributed by atoms with Gasteiger partial charge in [0.05, 0.1) is 35.4 Å². The van der Waals surface area contributed by atoms with Gasteiger partial charge in [-0.3, -0.25) is 9.78 Å². The molecule has 0 spiro atoms. The van der Waals surface area contributed by atoms with Gasteiger partial charge >= 0.3 is 6.18 Å². The highest BCUT2D eigenvalue weighted by atomic mass is 19.4. The van der Waals surface area contributed by atoms with Gasteiger partial charge in [-0.2, -0.15) is 23.5 Å². The Kier molecular flexibility index (Phi) is 6.04. The highest BCUT2D eigenvalue weighted by molar-refractivity contribution is 5.92. The second-order valence-electron chi connectivity index (χ2n) is 9.27. The molecular formula is C24H24F3N7O2. The second kappa shape index (κ2) is 9.05. The number of likely N-dealkylation sites (tertiary alicyclic amines) is 1. The molecule has 5 rings (SSSR count). The maximum Gasteiger partial charge on any atom is 0.416 e. The van der Waals surface area contributed by atoms with E-state index in [1.54, 1.807) is 16.8 Å². The van der Waals surface area contributed by atoms with Crippen molar-refractivity contribution in [1.29, 1.82) is 5.26 Å². The molecule has 2 saturated heterocycles. The lowest BCUT2D eigenvalue weighted by molar-refractivity contribution is -0.137. The van der Waals surface area contributed by atoms with E-state index in [2.05, 4.69) is 16.2 Å². The zero-order valence-electron chi connectivity index (χ0n) is 19.5. The van der Waals surface area contributed by atoms with Gasteiger partial charge in [-0.1, -0.05) is 0 Å². The third-order valence-corrected chi connectivity index (χ3v) is 6.79. The van der Waals surface area contributed by atoms with Crippen molar-refractivity contribution in [3.63, 3.8) is 0 Å². The summed E-state index contributed by atoms with van der Waals surface area (Å²) < 4.78 is 41.1. The quantitative estimate of drug-likeness (QED) is 0.590. The van der Waals surface area contributed by atoms with Gasteiger partial charge in [0.25, 0.3) is 5.91 Å². The van der Waals surface area contributed by atoms with Crippen molar-refractivity contribution in [3.05, 3.63) is 53.1 Å². The van der Waals surface area contributed by atoms with E-state index < -0.39 is 35.7 Å². The van der Waals surface area contributed by atoms with Crippen molar-refractivity contribution in [3.8, 4) is 6.07 Å². The molecule has 2 fully saturated rings. The highest BCUT2D eigenvalue weighted by Crippen LogP contribution is 2.34. The number of aryl methyl sites for hydroxylation is 1. The average molecular weight is 499 g/mol. The fraction of sp³-hybridized carbons (Fsp3) is 0.458. The summed E-state index contributed by atoms with van der Waals surface area (Å²) in [5, 5.41) is 24.0. The van der Waals surface area contributed by atoms with E-state index in [9.17, 15) is 28.3 Å². The number of anilines is 1. The number of amides is 1. The number of hydrogen-bond acceptors (Lipinski definition) is 7. The standard InChI is InChI=1S/C24H24F3N7O2/c1-14-11-34-21(30-22(14)32-12-15(10-28)20(35)13-32)9-17(31-34)19-4-2-3-7-33(19)23(36)18-8-16(5-6-29-18)24(25,26)27/h5-6,8-9,11,15,19-20,35H,2-4,7,12-13H2,1H3/t15-,19+,20+/m1/s1. The number of alkyl halides is 3. The molecular weight excluding hydrogens is 475 g/mol. The Bertz CT molecular complexity index is 1350. The number of aliphatic hydroxyl groups is 1. The Morgan fingerprint density at radius 1 is 1.25 bits per heavy atom. The predicted octanol–water partition coefficient (Wildman–Crippen LogP) is 3.14. The molecule has 0 radical (unpaired) electrons. The Morgan fingerprint density at radius 3 is 2.78 bits per heavy atom. The van der Waals surface area contributed by atoms with Crippen LogP contribution in [0.25, 0.3) is 5.65 Å². The van der Waals surface area contributed by atoms with Gasteiger partial charge in [0.2, 0.25) is 0 Å². The number of halogens is 3. The van der Waals surface area contributed by atoms with Crippen LogP contribution in [0.2, 0.25) is 0 Å². The number of nitriles is 1. The van der Waals surface area contributed by atoms with Crippen molar-refractivity contribution in [2.24, 2.45) is 5.92 Å². The Balaban J connectivity index is 1.45. The monoisotopic (exact) mass is 499 g/mol. The van der Waals surface area contributed by atoms with Crippen LogP contribution in [-0.2, 0) is 6.18 Å². The number of aromatic nitrogens is 4. The van der Waals surface area contributed by atoms with Crippen molar-refractivity contribution in [1.82, 2.24) is 24.5 Å². The number of hydrogen-bond donors (Lipinski definition) is 1. The normalized spacial score (nSPS) is 22.7. The molecule has 0 saturated carbocycles. The molecule has 2 aliphatic heterocycles. The first-order chi connectivity index (χ1) is 17.2. The zero-order valence-corrected chi connectivity index (χ0v) is 19.5. The van der Waals surface area contributed by atoms with E-state index in [0.29, 0.717) is 43.2 Å². The maximum atomic E-state index is 13.2. The van der Waals surface area contributed by atoms with Crippen molar-refractivity contribution in [2.75, 3.05) is 24.5 Å². The fourth-order valence-corrected chi connectivity index (χ4v) is 4.94. The van der Waals surface area contributed by atoms with Crippen LogP contribution in [0.3, 0.4) is 0 Å². The van der Waals surface area contributed by atoms with Crippen LogP contribution in [0.15, 0.2) is 30.6 Å². The Hall–Kier alpha value is -3.72. The summed E-state index contributed by atoms with van der Waals surface area (Å²) in [7, 11) is 0. The lowest BCUT2D eigenvalue weighted by Gasteiger charge is -2.34. The lowest BCUT2D eigenvalue weighted by atomic mass is 9.98. The topological polar surface area (TPSA) is 111 Å². The van der Waals surface area contributed by atoms with Gasteiger partial charge in [-0.25, -0.2) is 9.50 Å². The molecule has 5 heterocycles. The summed E-state index contributed by atoms with van der Waals surface area (Å²) >= 11 is 0. The van der Waals surface area contributed by atoms with Crippen LogP contribution < -0.4 is 4.90 Å². The van der Waals surface area contributed by atoms with Gasteiger partial charge in [0, 0.05) is 43.7 Å². The molecule has 0 bridgehead atoms. The number of carbonyl (C=O) groups excluding carboxylic acids is 1. The fourth-order valence-electron chi connectivity index (χ4n) is 4.94. The number of aliphatic hydroxyl groups excluding tert-OH is 1. The Morgan fingerprint density at radius 2 is 2.06 bits per heavy atom. The van der Waals surface area contributed by atoms with E-state index >= 15 is 0 Å². The van der Waals surface area contributed by atoms with E-state index in [1.807, 2.05) is 11.8 Å². The first-order valence-electron chi connectivity index (χ1n) is 11.7. The number of carbonyl (C=O) groups is 1. The minimum absolute atomic E-state index is 0.253. The van der Waals surface area contributed by atoms with Crippen molar-refractivity contribution >= 4 is 17.4 Å². The predicted molar refractivity (Wildman–Crippen MR) is 122 cm³/mol. The summed E-state index contributed by atoms with van der Waals surface area (Å²) in [6.07, 6.45) is -0.329. The second-order valence-corrected chi connectivity index (χ2v) is 9.27. The summed E-state index contributed by atoms with van der Waals surface area (Å²) in [5.41, 5.74) is 0.773. The van der Waals surface area contributed by atoms with E-state index in [-0.39, 0.29) is 5.69 Å². The molecule has 3 aromatic rings. The summed E-state index contributed by atoms with van der Waals surface area (Å²) in [5.74, 6) is -0.411. The maximum absolute atomic E-state index is 13.2. The summed E-state index contributed by atoms with van der Waals surface area (Å²) in [6.45, 7) is 2.93. The molecule has 0 aliphatic carbocycles. The molecule has 3 atom stereocenters. The molecule has 12 heteroatoms. The summed E-state index contributed by atoms with van der Waals surface area (Å²) in [6, 6.07) is 5.09. The molecule has 9 nitrogen and oxygen atoms in total. The average Bonchev–Trinajstić information content (AvgIpc) is 3.45. The first-order valence-corrected chi connectivity index (χ1v) is 11.7. The molecule has 1 amide bonds. The molecule has 36 heavy (non-hydrogen) atoms. The van der Waals surface area contributed by atoms with Gasteiger partial charge in [0.15, 0.2) is 5.65 Å². The van der Waals surface area contributed by atoms with Crippen LogP contribution in [0.1, 0.15) is 52.6 Å². The highest BCUT2D eigenvalue weighted by Gasteiger charge is 2.35. The van der Waals surface area contributed by atoms with Gasteiger partial charge < -0.3 is 14.9 Å². The van der Waals surface area contributed by atoms with Gasteiger partial charge in [-0.05, 0) is 38.3 Å². The van der Waals surface area contributed by atoms with Crippen molar-refractivity contribution in [2.45, 2.75) is 44.5 Å². The number of pyridine rings is 1.